The minimum atomic E-state index is -4.51. The molecule has 5 rings (SSSR count). The van der Waals surface area contributed by atoms with Crippen molar-refractivity contribution in [2.75, 3.05) is 11.9 Å². The second-order valence-corrected chi connectivity index (χ2v) is 8.67. The van der Waals surface area contributed by atoms with Crippen molar-refractivity contribution in [2.24, 2.45) is 5.10 Å². The number of anilines is 1. The number of nitrogens with one attached hydrogen (secondary N) is 1. The summed E-state index contributed by atoms with van der Waals surface area (Å²) in [6, 6.07) is 17.2. The highest BCUT2D eigenvalue weighted by Gasteiger charge is 2.34. The number of alkyl halides is 6. The van der Waals surface area contributed by atoms with Crippen molar-refractivity contribution in [1.82, 2.24) is 9.99 Å². The van der Waals surface area contributed by atoms with E-state index in [0.717, 1.165) is 41.4 Å². The molecule has 194 valence electrons. The van der Waals surface area contributed by atoms with Gasteiger partial charge in [-0.1, -0.05) is 30.3 Å². The lowest BCUT2D eigenvalue weighted by atomic mass is 9.91. The second kappa shape index (κ2) is 9.47. The molecule has 0 saturated heterocycles. The fourth-order valence-corrected chi connectivity index (χ4v) is 4.21. The van der Waals surface area contributed by atoms with E-state index in [4.69, 9.17) is 0 Å². The third kappa shape index (κ3) is 5.17. The fourth-order valence-electron chi connectivity index (χ4n) is 4.21. The number of hydrogen-bond donors (Lipinski definition) is 1. The van der Waals surface area contributed by atoms with Crippen LogP contribution in [0.15, 0.2) is 90.2 Å². The number of hydrogen-bond acceptors (Lipinski definition) is 3. The van der Waals surface area contributed by atoms with E-state index >= 15 is 0 Å². The van der Waals surface area contributed by atoms with Crippen LogP contribution >= 0.6 is 0 Å². The SMILES string of the molecule is O=C(Nc1ccc(C(F)(F)F)cc1)N1CC(c2cnc3ccc(C(F)(F)F)cc3c2)C(c2ccccc2)=N1. The molecule has 5 nitrogen and oxygen atoms in total. The van der Waals surface area contributed by atoms with E-state index in [1.807, 2.05) is 0 Å². The Morgan fingerprint density at radius 3 is 2.16 bits per heavy atom. The average Bonchev–Trinajstić information content (AvgIpc) is 3.34. The lowest BCUT2D eigenvalue weighted by molar-refractivity contribution is -0.138. The molecule has 3 aromatic carbocycles. The molecule has 1 aromatic heterocycles. The lowest BCUT2D eigenvalue weighted by Crippen LogP contribution is -2.30. The average molecular weight is 528 g/mol. The normalized spacial score (nSPS) is 16.0. The Balaban J connectivity index is 1.45. The number of nitrogens with zero attached hydrogens (tertiary/aromatic N) is 3. The zero-order valence-electron chi connectivity index (χ0n) is 19.4. The van der Waals surface area contributed by atoms with Gasteiger partial charge in [0.15, 0.2) is 0 Å². The summed E-state index contributed by atoms with van der Waals surface area (Å²) in [7, 11) is 0. The molecule has 0 bridgehead atoms. The molecule has 0 radical (unpaired) electrons. The van der Waals surface area contributed by atoms with E-state index in [1.165, 1.54) is 12.3 Å². The van der Waals surface area contributed by atoms with E-state index in [9.17, 15) is 31.1 Å². The molecular weight excluding hydrogens is 510 g/mol. The van der Waals surface area contributed by atoms with Gasteiger partial charge in [-0.05, 0) is 59.7 Å². The number of urea groups is 1. The minimum Gasteiger partial charge on any atom is -0.306 e. The van der Waals surface area contributed by atoms with Crippen LogP contribution < -0.4 is 5.32 Å². The number of fused-ring (bicyclic) bond motifs is 1. The van der Waals surface area contributed by atoms with Crippen LogP contribution in [0.3, 0.4) is 0 Å². The number of benzene rings is 3. The van der Waals surface area contributed by atoms with Crippen molar-refractivity contribution >= 4 is 28.3 Å². The van der Waals surface area contributed by atoms with E-state index in [-0.39, 0.29) is 17.6 Å². The first kappa shape index (κ1) is 25.2. The molecule has 1 atom stereocenters. The zero-order valence-corrected chi connectivity index (χ0v) is 19.4. The van der Waals surface area contributed by atoms with Gasteiger partial charge >= 0.3 is 18.4 Å². The first-order chi connectivity index (χ1) is 18.0. The Kier molecular flexibility index (Phi) is 6.29. The number of aromatic nitrogens is 1. The summed E-state index contributed by atoms with van der Waals surface area (Å²) in [6.45, 7) is 0.0445. The van der Waals surface area contributed by atoms with Gasteiger partial charge in [0, 0.05) is 17.3 Å². The van der Waals surface area contributed by atoms with Gasteiger partial charge in [0.1, 0.15) is 0 Å². The van der Waals surface area contributed by atoms with Gasteiger partial charge in [0.05, 0.1) is 34.8 Å². The topological polar surface area (TPSA) is 57.6 Å². The molecule has 2 amide bonds. The summed E-state index contributed by atoms with van der Waals surface area (Å²) < 4.78 is 78.3. The maximum absolute atomic E-state index is 13.3. The Labute approximate surface area is 212 Å². The number of pyridine rings is 1. The molecule has 38 heavy (non-hydrogen) atoms. The first-order valence-corrected chi connectivity index (χ1v) is 11.4. The largest absolute Gasteiger partial charge is 0.416 e. The van der Waals surface area contributed by atoms with Crippen LogP contribution in [0.4, 0.5) is 36.8 Å². The van der Waals surface area contributed by atoms with Crippen LogP contribution in [0, 0.1) is 0 Å². The summed E-state index contributed by atoms with van der Waals surface area (Å²) in [6.07, 6.45) is -7.48. The Bertz CT molecular complexity index is 1520. The molecule has 1 aliphatic rings. The van der Waals surface area contributed by atoms with Gasteiger partial charge in [-0.2, -0.15) is 31.4 Å². The number of rotatable bonds is 3. The van der Waals surface area contributed by atoms with Gasteiger partial charge in [0.2, 0.25) is 0 Å². The zero-order chi connectivity index (χ0) is 27.1. The highest BCUT2D eigenvalue weighted by Crippen LogP contribution is 2.34. The van der Waals surface area contributed by atoms with Crippen LogP contribution in [0.5, 0.6) is 0 Å². The van der Waals surface area contributed by atoms with Gasteiger partial charge in [0.25, 0.3) is 0 Å². The number of halogens is 6. The monoisotopic (exact) mass is 528 g/mol. The summed E-state index contributed by atoms with van der Waals surface area (Å²) in [5.74, 6) is -0.512. The smallest absolute Gasteiger partial charge is 0.306 e. The van der Waals surface area contributed by atoms with Crippen LogP contribution in [0.2, 0.25) is 0 Å². The van der Waals surface area contributed by atoms with Crippen molar-refractivity contribution < 1.29 is 31.1 Å². The van der Waals surface area contributed by atoms with Crippen molar-refractivity contribution in [2.45, 2.75) is 18.3 Å². The molecule has 0 fully saturated rings. The molecule has 11 heteroatoms. The van der Waals surface area contributed by atoms with E-state index in [0.29, 0.717) is 22.4 Å². The highest BCUT2D eigenvalue weighted by atomic mass is 19.4. The number of carbonyl (C=O) groups is 1. The molecule has 0 spiro atoms. The number of carbonyl (C=O) groups excluding carboxylic acids is 1. The van der Waals surface area contributed by atoms with E-state index in [1.54, 1.807) is 36.4 Å². The van der Waals surface area contributed by atoms with E-state index in [2.05, 4.69) is 15.4 Å². The predicted molar refractivity (Wildman–Crippen MR) is 130 cm³/mol. The van der Waals surface area contributed by atoms with Gasteiger partial charge in [-0.15, -0.1) is 0 Å². The number of hydrazone groups is 1. The maximum Gasteiger partial charge on any atom is 0.416 e. The Morgan fingerprint density at radius 1 is 0.842 bits per heavy atom. The van der Waals surface area contributed by atoms with Crippen molar-refractivity contribution in [1.29, 1.82) is 0 Å². The van der Waals surface area contributed by atoms with E-state index < -0.39 is 35.4 Å². The molecule has 1 aliphatic heterocycles. The minimum absolute atomic E-state index is 0.0445. The third-order valence-electron chi connectivity index (χ3n) is 6.11. The molecule has 4 aromatic rings. The van der Waals surface area contributed by atoms with Crippen LogP contribution in [-0.4, -0.2) is 28.3 Å². The molecule has 0 saturated carbocycles. The summed E-state index contributed by atoms with van der Waals surface area (Å²) >= 11 is 0. The summed E-state index contributed by atoms with van der Waals surface area (Å²) in [5.41, 5.74) is 0.644. The fraction of sp³-hybridized carbons (Fsp3) is 0.148. The highest BCUT2D eigenvalue weighted by molar-refractivity contribution is 6.08. The maximum atomic E-state index is 13.3. The molecular formula is C27H18F6N4O. The van der Waals surface area contributed by atoms with Gasteiger partial charge in [-0.25, -0.2) is 9.80 Å². The first-order valence-electron chi connectivity index (χ1n) is 11.4. The molecule has 1 N–H and O–H groups in total. The van der Waals surface area contributed by atoms with Crippen molar-refractivity contribution in [3.8, 4) is 0 Å². The molecule has 2 heterocycles. The van der Waals surface area contributed by atoms with Crippen LogP contribution in [0.1, 0.15) is 28.2 Å². The Morgan fingerprint density at radius 2 is 1.50 bits per heavy atom. The molecule has 0 aliphatic carbocycles. The summed E-state index contributed by atoms with van der Waals surface area (Å²) in [4.78, 5) is 17.3. The van der Waals surface area contributed by atoms with Crippen LogP contribution in [-0.2, 0) is 12.4 Å². The molecule has 1 unspecified atom stereocenters. The van der Waals surface area contributed by atoms with Crippen molar-refractivity contribution in [3.63, 3.8) is 0 Å². The second-order valence-electron chi connectivity index (χ2n) is 8.67. The van der Waals surface area contributed by atoms with Crippen LogP contribution in [0.25, 0.3) is 10.9 Å². The summed E-state index contributed by atoms with van der Waals surface area (Å²) in [5, 5.41) is 8.42. The quantitative estimate of drug-likeness (QED) is 0.284. The van der Waals surface area contributed by atoms with Gasteiger partial charge < -0.3 is 5.32 Å². The van der Waals surface area contributed by atoms with Gasteiger partial charge in [-0.3, -0.25) is 4.98 Å². The predicted octanol–water partition coefficient (Wildman–Crippen LogP) is 7.31. The van der Waals surface area contributed by atoms with Crippen molar-refractivity contribution in [3.05, 3.63) is 107 Å². The lowest BCUT2D eigenvalue weighted by Gasteiger charge is -2.17. The number of amides is 2. The Hall–Kier alpha value is -4.41. The third-order valence-corrected chi connectivity index (χ3v) is 6.11. The standard InChI is InChI=1S/C27H18F6N4O/c28-26(29,30)19-6-9-21(10-7-19)35-25(38)37-15-22(24(36-37)16-4-2-1-3-5-16)18-12-17-13-20(27(31,32)33)8-11-23(17)34-14-18/h1-14,22H,15H2,(H,35,38).